The van der Waals surface area contributed by atoms with E-state index in [-0.39, 0.29) is 17.9 Å². The van der Waals surface area contributed by atoms with Crippen molar-refractivity contribution in [2.24, 2.45) is 11.8 Å². The number of rotatable bonds is 2. The zero-order valence-electron chi connectivity index (χ0n) is 13.2. The van der Waals surface area contributed by atoms with Gasteiger partial charge >= 0.3 is 5.97 Å². The highest BCUT2D eigenvalue weighted by atomic mass is 32.1. The normalized spacial score (nSPS) is 27.4. The number of aryl methyl sites for hydroxylation is 1. The molecule has 1 heterocycles. The van der Waals surface area contributed by atoms with Gasteiger partial charge in [-0.2, -0.15) is 0 Å². The molecule has 2 fully saturated rings. The molecule has 3 unspecified atom stereocenters. The number of aliphatic carboxylic acids is 1. The minimum atomic E-state index is -0.791. The van der Waals surface area contributed by atoms with Gasteiger partial charge in [0.1, 0.15) is 0 Å². The second-order valence-electron chi connectivity index (χ2n) is 6.40. The summed E-state index contributed by atoms with van der Waals surface area (Å²) in [5, 5.41) is 12.8. The number of hydrogen-bond donors (Lipinski definition) is 2. The highest BCUT2D eigenvalue weighted by Crippen LogP contribution is 2.35. The Hall–Kier alpha value is -1.95. The van der Waals surface area contributed by atoms with Crippen molar-refractivity contribution in [3.05, 3.63) is 29.3 Å². The van der Waals surface area contributed by atoms with E-state index < -0.39 is 11.9 Å². The van der Waals surface area contributed by atoms with Crippen molar-refractivity contribution in [3.63, 3.8) is 0 Å². The number of anilines is 1. The van der Waals surface area contributed by atoms with Crippen LogP contribution in [0.2, 0.25) is 0 Å². The van der Waals surface area contributed by atoms with E-state index in [1.807, 2.05) is 32.0 Å². The number of nitrogens with zero attached hydrogens (tertiary/aromatic N) is 1. The monoisotopic (exact) mass is 332 g/mol. The molecular weight excluding hydrogens is 312 g/mol. The average Bonchev–Trinajstić information content (AvgIpc) is 2.50. The van der Waals surface area contributed by atoms with Crippen LogP contribution in [-0.2, 0) is 9.59 Å². The van der Waals surface area contributed by atoms with Crippen molar-refractivity contribution in [1.82, 2.24) is 5.32 Å². The fraction of sp³-hybridized carbons (Fsp3) is 0.471. The summed E-state index contributed by atoms with van der Waals surface area (Å²) in [5.41, 5.74) is 2.95. The molecule has 122 valence electrons. The first-order valence-corrected chi connectivity index (χ1v) is 8.24. The number of carbonyl (C=O) groups excluding carboxylic acids is 1. The minimum absolute atomic E-state index is 0.0173. The third kappa shape index (κ3) is 2.72. The lowest BCUT2D eigenvalue weighted by molar-refractivity contribution is -0.144. The van der Waals surface area contributed by atoms with E-state index in [0.29, 0.717) is 24.4 Å². The van der Waals surface area contributed by atoms with Gasteiger partial charge in [-0.3, -0.25) is 14.5 Å². The van der Waals surface area contributed by atoms with Crippen molar-refractivity contribution in [2.45, 2.75) is 39.2 Å². The molecule has 2 aliphatic rings. The molecule has 1 aliphatic heterocycles. The highest BCUT2D eigenvalue weighted by molar-refractivity contribution is 7.80. The van der Waals surface area contributed by atoms with Crippen molar-refractivity contribution in [3.8, 4) is 0 Å². The maximum atomic E-state index is 13.0. The van der Waals surface area contributed by atoms with Gasteiger partial charge in [-0.25, -0.2) is 0 Å². The van der Waals surface area contributed by atoms with Gasteiger partial charge in [-0.15, -0.1) is 0 Å². The number of thiocarbonyl (C=S) groups is 1. The molecule has 0 radical (unpaired) electrons. The van der Waals surface area contributed by atoms with Crippen LogP contribution in [0, 0.1) is 25.7 Å². The maximum absolute atomic E-state index is 13.0. The predicted molar refractivity (Wildman–Crippen MR) is 91.4 cm³/mol. The summed E-state index contributed by atoms with van der Waals surface area (Å²) in [7, 11) is 0. The summed E-state index contributed by atoms with van der Waals surface area (Å²) in [4.78, 5) is 25.7. The smallest absolute Gasteiger partial charge is 0.306 e. The number of carboxylic acid groups (broad SMARTS) is 1. The lowest BCUT2D eigenvalue weighted by Crippen LogP contribution is -2.62. The molecule has 1 saturated heterocycles. The van der Waals surface area contributed by atoms with Gasteiger partial charge in [-0.05, 0) is 62.5 Å². The molecule has 0 aromatic heterocycles. The van der Waals surface area contributed by atoms with Gasteiger partial charge < -0.3 is 10.4 Å². The predicted octanol–water partition coefficient (Wildman–Crippen LogP) is 2.39. The fourth-order valence-electron chi connectivity index (χ4n) is 3.54. The van der Waals surface area contributed by atoms with E-state index in [2.05, 4.69) is 5.32 Å². The fourth-order valence-corrected chi connectivity index (χ4v) is 3.88. The van der Waals surface area contributed by atoms with E-state index in [9.17, 15) is 14.7 Å². The van der Waals surface area contributed by atoms with Gasteiger partial charge in [0.05, 0.1) is 17.5 Å². The van der Waals surface area contributed by atoms with Crippen LogP contribution in [0.4, 0.5) is 5.69 Å². The Labute approximate surface area is 140 Å². The molecule has 0 bridgehead atoms. The molecule has 0 spiro atoms. The van der Waals surface area contributed by atoms with Gasteiger partial charge in [0, 0.05) is 6.04 Å². The summed E-state index contributed by atoms with van der Waals surface area (Å²) in [6, 6.07) is 5.65. The number of amides is 1. The minimum Gasteiger partial charge on any atom is -0.481 e. The van der Waals surface area contributed by atoms with E-state index >= 15 is 0 Å². The Kier molecular flexibility index (Phi) is 4.10. The second-order valence-corrected chi connectivity index (χ2v) is 6.79. The van der Waals surface area contributed by atoms with Crippen molar-refractivity contribution in [2.75, 3.05) is 4.90 Å². The highest BCUT2D eigenvalue weighted by Gasteiger charge is 2.44. The van der Waals surface area contributed by atoms with Crippen LogP contribution < -0.4 is 10.2 Å². The molecule has 1 aromatic carbocycles. The molecule has 3 rings (SSSR count). The van der Waals surface area contributed by atoms with Crippen LogP contribution in [0.3, 0.4) is 0 Å². The van der Waals surface area contributed by atoms with Gasteiger partial charge in [-0.1, -0.05) is 12.1 Å². The van der Waals surface area contributed by atoms with Crippen molar-refractivity contribution >= 4 is 34.9 Å². The van der Waals surface area contributed by atoms with Gasteiger partial charge in [0.25, 0.3) is 0 Å². The number of carboxylic acids is 1. The third-order valence-corrected chi connectivity index (χ3v) is 5.37. The zero-order chi connectivity index (χ0) is 16.7. The SMILES string of the molecule is Cc1cccc(N2C(=O)C3CCC(C(=O)O)CC3NC2=S)c1C. The topological polar surface area (TPSA) is 69.6 Å². The molecule has 5 nitrogen and oxygen atoms in total. The Bertz CT molecular complexity index is 688. The first kappa shape index (κ1) is 15.9. The molecule has 1 aromatic rings. The molecule has 2 N–H and O–H groups in total. The van der Waals surface area contributed by atoms with Gasteiger partial charge in [0.15, 0.2) is 5.11 Å². The third-order valence-electron chi connectivity index (χ3n) is 5.07. The molecular formula is C17H20N2O3S. The van der Waals surface area contributed by atoms with E-state index in [0.717, 1.165) is 16.8 Å². The standard InChI is InChI=1S/C17H20N2O3S/c1-9-4-3-5-14(10(9)2)19-15(20)12-7-6-11(16(21)22)8-13(12)18-17(19)23/h3-5,11-13H,6-8H2,1-2H3,(H,18,23)(H,21,22). The Morgan fingerprint density at radius 3 is 2.78 bits per heavy atom. The Balaban J connectivity index is 1.89. The van der Waals surface area contributed by atoms with Crippen molar-refractivity contribution < 1.29 is 14.7 Å². The number of benzene rings is 1. The van der Waals surface area contributed by atoms with E-state index in [1.54, 1.807) is 4.90 Å². The number of nitrogens with one attached hydrogen (secondary N) is 1. The largest absolute Gasteiger partial charge is 0.481 e. The van der Waals surface area contributed by atoms with E-state index in [1.165, 1.54) is 0 Å². The van der Waals surface area contributed by atoms with Crippen LogP contribution in [-0.4, -0.2) is 28.1 Å². The van der Waals surface area contributed by atoms with E-state index in [4.69, 9.17) is 12.2 Å². The van der Waals surface area contributed by atoms with Crippen LogP contribution in [0.15, 0.2) is 18.2 Å². The van der Waals surface area contributed by atoms with Crippen molar-refractivity contribution in [1.29, 1.82) is 0 Å². The molecule has 23 heavy (non-hydrogen) atoms. The second kappa shape index (κ2) is 5.92. The maximum Gasteiger partial charge on any atom is 0.306 e. The molecule has 3 atom stereocenters. The van der Waals surface area contributed by atoms with Crippen LogP contribution in [0.1, 0.15) is 30.4 Å². The summed E-state index contributed by atoms with van der Waals surface area (Å²) in [6.07, 6.45) is 1.57. The van der Waals surface area contributed by atoms with Crippen LogP contribution >= 0.6 is 12.2 Å². The summed E-state index contributed by atoms with van der Waals surface area (Å²) in [6.45, 7) is 3.98. The first-order chi connectivity index (χ1) is 10.9. The van der Waals surface area contributed by atoms with Gasteiger partial charge in [0.2, 0.25) is 5.91 Å². The first-order valence-electron chi connectivity index (χ1n) is 7.83. The summed E-state index contributed by atoms with van der Waals surface area (Å²) in [5.74, 6) is -1.42. The number of carbonyl (C=O) groups is 2. The summed E-state index contributed by atoms with van der Waals surface area (Å²) < 4.78 is 0. The number of hydrogen-bond acceptors (Lipinski definition) is 3. The Morgan fingerprint density at radius 2 is 2.09 bits per heavy atom. The average molecular weight is 332 g/mol. The lowest BCUT2D eigenvalue weighted by atomic mass is 9.76. The van der Waals surface area contributed by atoms with Crippen LogP contribution in [0.25, 0.3) is 0 Å². The summed E-state index contributed by atoms with van der Waals surface area (Å²) >= 11 is 5.41. The molecule has 1 aliphatic carbocycles. The molecule has 1 amide bonds. The quantitative estimate of drug-likeness (QED) is 0.814. The molecule has 1 saturated carbocycles. The zero-order valence-corrected chi connectivity index (χ0v) is 14.0. The molecule has 6 heteroatoms. The lowest BCUT2D eigenvalue weighted by Gasteiger charge is -2.43. The van der Waals surface area contributed by atoms with Crippen LogP contribution in [0.5, 0.6) is 0 Å². The number of fused-ring (bicyclic) bond motifs is 1. The Morgan fingerprint density at radius 1 is 1.35 bits per heavy atom.